The Kier molecular flexibility index (Phi) is 8.15. The highest BCUT2D eigenvalue weighted by atomic mass is 35.5. The van der Waals surface area contributed by atoms with Crippen LogP contribution in [0.2, 0.25) is 5.02 Å². The second kappa shape index (κ2) is 12.1. The second-order valence-electron chi connectivity index (χ2n) is 10.9. The van der Waals surface area contributed by atoms with Gasteiger partial charge >= 0.3 is 6.18 Å². The summed E-state index contributed by atoms with van der Waals surface area (Å²) in [5.41, 5.74) is 1.90. The van der Waals surface area contributed by atoms with Crippen LogP contribution in [0.15, 0.2) is 54.6 Å². The standard InChI is InChI=1S/C31H27ClF3N5O6/c1-44-24-9-7-18(11-25(24)45-2)23-15-26(31(33,34)35)39-29(37-23)27(32)28(38-39)30(41)36-19-12-20(40(42)43)14-22(13-19)46-21-8-6-16-4-3-5-17(16)10-21/h6-14,23,26,37H,3-5,15H2,1-2H3,(H,36,41)/t23-,26+/m0/s1. The molecule has 3 aromatic carbocycles. The van der Waals surface area contributed by atoms with Crippen molar-refractivity contribution in [3.05, 3.63) is 92.1 Å². The SMILES string of the molecule is COc1ccc([C@@H]2C[C@H](C(F)(F)F)n3nc(C(=O)Nc4cc(Oc5ccc6c(c5)CCC6)cc([N+](=O)[O-])c4)c(Cl)c3N2)cc1OC. The number of amides is 1. The van der Waals surface area contributed by atoms with E-state index in [1.165, 1.54) is 31.9 Å². The van der Waals surface area contributed by atoms with Crippen LogP contribution in [0.25, 0.3) is 0 Å². The summed E-state index contributed by atoms with van der Waals surface area (Å²) in [5, 5.41) is 20.7. The van der Waals surface area contributed by atoms with Crippen molar-refractivity contribution >= 4 is 34.7 Å². The largest absolute Gasteiger partial charge is 0.493 e. The van der Waals surface area contributed by atoms with Crippen LogP contribution in [0.3, 0.4) is 0 Å². The van der Waals surface area contributed by atoms with Crippen molar-refractivity contribution in [2.45, 2.75) is 43.9 Å². The summed E-state index contributed by atoms with van der Waals surface area (Å²) in [6.45, 7) is 0. The molecule has 0 saturated heterocycles. The molecule has 1 aliphatic carbocycles. The van der Waals surface area contributed by atoms with Gasteiger partial charge in [0.05, 0.1) is 36.9 Å². The molecule has 15 heteroatoms. The van der Waals surface area contributed by atoms with Crippen molar-refractivity contribution < 1.29 is 37.1 Å². The van der Waals surface area contributed by atoms with E-state index in [0.29, 0.717) is 27.5 Å². The predicted octanol–water partition coefficient (Wildman–Crippen LogP) is 7.66. The van der Waals surface area contributed by atoms with Gasteiger partial charge < -0.3 is 24.8 Å². The summed E-state index contributed by atoms with van der Waals surface area (Å²) in [7, 11) is 2.85. The number of methoxy groups -OCH3 is 2. The second-order valence-corrected chi connectivity index (χ2v) is 11.3. The summed E-state index contributed by atoms with van der Waals surface area (Å²) >= 11 is 6.49. The van der Waals surface area contributed by atoms with Crippen molar-refractivity contribution in [2.75, 3.05) is 24.9 Å². The van der Waals surface area contributed by atoms with Crippen molar-refractivity contribution in [1.82, 2.24) is 9.78 Å². The summed E-state index contributed by atoms with van der Waals surface area (Å²) in [4.78, 5) is 24.4. The Labute approximate surface area is 265 Å². The Bertz CT molecular complexity index is 1850. The topological polar surface area (TPSA) is 130 Å². The Morgan fingerprint density at radius 2 is 1.80 bits per heavy atom. The van der Waals surface area contributed by atoms with Gasteiger partial charge in [0, 0.05) is 18.6 Å². The molecule has 0 unspecified atom stereocenters. The van der Waals surface area contributed by atoms with E-state index in [2.05, 4.69) is 15.7 Å². The summed E-state index contributed by atoms with van der Waals surface area (Å²) in [6.07, 6.45) is -2.30. The lowest BCUT2D eigenvalue weighted by Gasteiger charge is -2.33. The van der Waals surface area contributed by atoms with Gasteiger partial charge in [-0.3, -0.25) is 14.9 Å². The minimum absolute atomic E-state index is 0.0408. The van der Waals surface area contributed by atoms with E-state index in [4.69, 9.17) is 25.8 Å². The number of nitrogens with one attached hydrogen (secondary N) is 2. The van der Waals surface area contributed by atoms with E-state index in [-0.39, 0.29) is 28.0 Å². The van der Waals surface area contributed by atoms with Gasteiger partial charge in [-0.1, -0.05) is 23.7 Å². The van der Waals surface area contributed by atoms with E-state index >= 15 is 0 Å². The first-order chi connectivity index (χ1) is 21.9. The predicted molar refractivity (Wildman–Crippen MR) is 162 cm³/mol. The van der Waals surface area contributed by atoms with Gasteiger partial charge in [-0.05, 0) is 60.2 Å². The molecule has 0 radical (unpaired) electrons. The van der Waals surface area contributed by atoms with Gasteiger partial charge in [-0.25, -0.2) is 4.68 Å². The molecule has 0 spiro atoms. The smallest absolute Gasteiger partial charge is 0.410 e. The van der Waals surface area contributed by atoms with Crippen LogP contribution in [0.1, 0.15) is 52.1 Å². The molecule has 2 heterocycles. The molecule has 1 aliphatic heterocycles. The van der Waals surface area contributed by atoms with Crippen LogP contribution in [-0.2, 0) is 12.8 Å². The fraction of sp³-hybridized carbons (Fsp3) is 0.290. The third-order valence-electron chi connectivity index (χ3n) is 7.99. The van der Waals surface area contributed by atoms with Crippen LogP contribution in [0.5, 0.6) is 23.0 Å². The minimum Gasteiger partial charge on any atom is -0.493 e. The van der Waals surface area contributed by atoms with Crippen LogP contribution in [0, 0.1) is 10.1 Å². The number of hydrogen-bond donors (Lipinski definition) is 2. The third kappa shape index (κ3) is 5.99. The first kappa shape index (κ1) is 31.0. The molecular weight excluding hydrogens is 631 g/mol. The van der Waals surface area contributed by atoms with Crippen LogP contribution >= 0.6 is 11.6 Å². The summed E-state index contributed by atoms with van der Waals surface area (Å²) < 4.78 is 60.0. The number of nitrogens with zero attached hydrogens (tertiary/aromatic N) is 3. The number of nitro groups is 1. The quantitative estimate of drug-likeness (QED) is 0.146. The number of aryl methyl sites for hydroxylation is 2. The zero-order valence-corrected chi connectivity index (χ0v) is 25.2. The first-order valence-corrected chi connectivity index (χ1v) is 14.6. The van der Waals surface area contributed by atoms with Crippen molar-refractivity contribution in [1.29, 1.82) is 0 Å². The lowest BCUT2D eigenvalue weighted by Crippen LogP contribution is -2.35. The number of alkyl halides is 3. The lowest BCUT2D eigenvalue weighted by molar-refractivity contribution is -0.384. The molecular formula is C31H27ClF3N5O6. The highest BCUT2D eigenvalue weighted by Gasteiger charge is 2.48. The van der Waals surface area contributed by atoms with Gasteiger partial charge in [0.2, 0.25) is 0 Å². The first-order valence-electron chi connectivity index (χ1n) is 14.2. The number of fused-ring (bicyclic) bond motifs is 2. The van der Waals surface area contributed by atoms with Crippen molar-refractivity contribution in [2.24, 2.45) is 0 Å². The zero-order valence-electron chi connectivity index (χ0n) is 24.5. The normalized spacial score (nSPS) is 17.0. The maximum Gasteiger partial charge on any atom is 0.410 e. The molecule has 1 amide bonds. The van der Waals surface area contributed by atoms with Crippen molar-refractivity contribution in [3.63, 3.8) is 0 Å². The third-order valence-corrected chi connectivity index (χ3v) is 8.34. The molecule has 4 aromatic rings. The Hall–Kier alpha value is -4.98. The van der Waals surface area contributed by atoms with E-state index in [1.54, 1.807) is 24.3 Å². The average molecular weight is 658 g/mol. The zero-order chi connectivity index (χ0) is 32.7. The van der Waals surface area contributed by atoms with Gasteiger partial charge in [-0.15, -0.1) is 0 Å². The number of anilines is 2. The van der Waals surface area contributed by atoms with E-state index in [1.807, 2.05) is 12.1 Å². The molecule has 2 N–H and O–H groups in total. The maximum atomic E-state index is 14.3. The van der Waals surface area contributed by atoms with Gasteiger partial charge in [0.1, 0.15) is 22.3 Å². The molecule has 0 fully saturated rings. The van der Waals surface area contributed by atoms with Gasteiger partial charge in [-0.2, -0.15) is 18.3 Å². The number of nitro benzene ring substituents is 1. The van der Waals surface area contributed by atoms with E-state index < -0.39 is 41.2 Å². The van der Waals surface area contributed by atoms with Crippen LogP contribution in [-0.4, -0.2) is 41.0 Å². The van der Waals surface area contributed by atoms with Gasteiger partial charge in [0.15, 0.2) is 23.2 Å². The van der Waals surface area contributed by atoms with E-state index in [9.17, 15) is 28.1 Å². The molecule has 2 aliphatic rings. The molecule has 6 rings (SSSR count). The highest BCUT2D eigenvalue weighted by Crippen LogP contribution is 2.47. The molecule has 240 valence electrons. The molecule has 2 atom stereocenters. The number of benzene rings is 3. The number of aromatic nitrogens is 2. The van der Waals surface area contributed by atoms with Gasteiger partial charge in [0.25, 0.3) is 11.6 Å². The molecule has 0 saturated carbocycles. The fourth-order valence-corrected chi connectivity index (χ4v) is 6.05. The Balaban J connectivity index is 1.29. The monoisotopic (exact) mass is 657 g/mol. The lowest BCUT2D eigenvalue weighted by atomic mass is 9.96. The molecule has 46 heavy (non-hydrogen) atoms. The van der Waals surface area contributed by atoms with Crippen LogP contribution in [0.4, 0.5) is 30.4 Å². The number of ether oxygens (including phenoxy) is 3. The number of halogens is 4. The van der Waals surface area contributed by atoms with E-state index in [0.717, 1.165) is 30.9 Å². The minimum atomic E-state index is -4.74. The molecule has 1 aromatic heterocycles. The average Bonchev–Trinajstić information content (AvgIpc) is 3.63. The molecule has 11 nitrogen and oxygen atoms in total. The fourth-order valence-electron chi connectivity index (χ4n) is 5.78. The number of rotatable bonds is 8. The summed E-state index contributed by atoms with van der Waals surface area (Å²) in [6, 6.07) is 11.0. The van der Waals surface area contributed by atoms with Crippen LogP contribution < -0.4 is 24.8 Å². The number of carbonyl (C=O) groups excluding carboxylic acids is 1. The highest BCUT2D eigenvalue weighted by molar-refractivity contribution is 6.36. The maximum absolute atomic E-state index is 14.3. The summed E-state index contributed by atoms with van der Waals surface area (Å²) in [5.74, 6) is 0.0948. The Morgan fingerprint density at radius 1 is 1.04 bits per heavy atom. The molecule has 0 bridgehead atoms. The van der Waals surface area contributed by atoms with Crippen molar-refractivity contribution in [3.8, 4) is 23.0 Å². The Morgan fingerprint density at radius 3 is 2.52 bits per heavy atom. The number of hydrogen-bond acceptors (Lipinski definition) is 8. The number of non-ortho nitro benzene ring substituents is 1. The number of carbonyl (C=O) groups is 1.